The largest absolute Gasteiger partial charge is 0.351 e. The van der Waals surface area contributed by atoms with Gasteiger partial charge in [0.05, 0.1) is 5.56 Å². The lowest BCUT2D eigenvalue weighted by molar-refractivity contribution is 0.0950. The minimum absolute atomic E-state index is 0.201. The molecule has 0 fully saturated rings. The number of carbonyl (C=O) groups excluding carboxylic acids is 1. The molecule has 2 nitrogen and oxygen atoms in total. The highest BCUT2D eigenvalue weighted by Crippen LogP contribution is 2.18. The molecule has 0 aliphatic rings. The molecule has 2 aromatic carbocycles. The Morgan fingerprint density at radius 2 is 1.95 bits per heavy atom. The van der Waals surface area contributed by atoms with Crippen molar-refractivity contribution in [2.24, 2.45) is 0 Å². The molecule has 2 rings (SSSR count). The molecule has 104 valence electrons. The Labute approximate surface area is 126 Å². The van der Waals surface area contributed by atoms with E-state index in [0.29, 0.717) is 16.6 Å². The summed E-state index contributed by atoms with van der Waals surface area (Å²) in [7, 11) is 0. The molecular weight excluding hydrogens is 321 g/mol. The second-order valence-corrected chi connectivity index (χ2v) is 5.50. The molecule has 4 heteroatoms. The third-order valence-corrected chi connectivity index (χ3v) is 3.80. The Hall–Kier alpha value is -1.68. The number of rotatable bonds is 4. The van der Waals surface area contributed by atoms with Gasteiger partial charge in [-0.05, 0) is 45.6 Å². The van der Waals surface area contributed by atoms with Gasteiger partial charge in [0.1, 0.15) is 5.82 Å². The molecule has 0 aliphatic carbocycles. The second kappa shape index (κ2) is 6.66. The maximum atomic E-state index is 13.2. The molecule has 0 bridgehead atoms. The Morgan fingerprint density at radius 1 is 1.25 bits per heavy atom. The van der Waals surface area contributed by atoms with E-state index in [1.54, 1.807) is 0 Å². The maximum Gasteiger partial charge on any atom is 0.252 e. The Bertz CT molecular complexity index is 601. The van der Waals surface area contributed by atoms with Gasteiger partial charge in [-0.25, -0.2) is 4.39 Å². The SMILES string of the molecule is C[C@@H](CNC(=O)c1cc(F)ccc1Br)c1ccccc1. The maximum absolute atomic E-state index is 13.2. The fourth-order valence-corrected chi connectivity index (χ4v) is 2.34. The van der Waals surface area contributed by atoms with Gasteiger partial charge in [0.25, 0.3) is 5.91 Å². The van der Waals surface area contributed by atoms with Crippen molar-refractivity contribution in [3.05, 3.63) is 69.9 Å². The third-order valence-electron chi connectivity index (χ3n) is 3.11. The molecule has 0 radical (unpaired) electrons. The zero-order valence-corrected chi connectivity index (χ0v) is 12.7. The summed E-state index contributed by atoms with van der Waals surface area (Å²) in [6, 6.07) is 14.0. The Balaban J connectivity index is 2.00. The summed E-state index contributed by atoms with van der Waals surface area (Å²) in [5.74, 6) is -0.499. The number of benzene rings is 2. The smallest absolute Gasteiger partial charge is 0.252 e. The first-order valence-electron chi connectivity index (χ1n) is 6.36. The van der Waals surface area contributed by atoms with E-state index in [2.05, 4.69) is 21.2 Å². The number of halogens is 2. The van der Waals surface area contributed by atoms with Crippen LogP contribution in [0.1, 0.15) is 28.8 Å². The van der Waals surface area contributed by atoms with Gasteiger partial charge in [-0.3, -0.25) is 4.79 Å². The summed E-state index contributed by atoms with van der Waals surface area (Å²) in [6.07, 6.45) is 0. The van der Waals surface area contributed by atoms with Crippen LogP contribution in [0.15, 0.2) is 53.0 Å². The van der Waals surface area contributed by atoms with Crippen molar-refractivity contribution in [1.29, 1.82) is 0 Å². The van der Waals surface area contributed by atoms with Crippen LogP contribution in [0.2, 0.25) is 0 Å². The normalized spacial score (nSPS) is 11.9. The van der Waals surface area contributed by atoms with E-state index in [1.807, 2.05) is 37.3 Å². The molecule has 1 atom stereocenters. The van der Waals surface area contributed by atoms with E-state index < -0.39 is 5.82 Å². The van der Waals surface area contributed by atoms with Crippen LogP contribution < -0.4 is 5.32 Å². The number of nitrogens with one attached hydrogen (secondary N) is 1. The third kappa shape index (κ3) is 3.67. The summed E-state index contributed by atoms with van der Waals surface area (Å²) in [4.78, 5) is 12.0. The van der Waals surface area contributed by atoms with Gasteiger partial charge in [-0.2, -0.15) is 0 Å². The predicted octanol–water partition coefficient (Wildman–Crippen LogP) is 4.12. The van der Waals surface area contributed by atoms with Gasteiger partial charge >= 0.3 is 0 Å². The lowest BCUT2D eigenvalue weighted by Crippen LogP contribution is -2.27. The van der Waals surface area contributed by atoms with E-state index >= 15 is 0 Å². The molecule has 0 spiro atoms. The summed E-state index contributed by atoms with van der Waals surface area (Å²) in [5, 5.41) is 2.83. The topological polar surface area (TPSA) is 29.1 Å². The highest BCUT2D eigenvalue weighted by atomic mass is 79.9. The van der Waals surface area contributed by atoms with Crippen LogP contribution in [0, 0.1) is 5.82 Å². The lowest BCUT2D eigenvalue weighted by Gasteiger charge is -2.13. The number of hydrogen-bond donors (Lipinski definition) is 1. The average Bonchev–Trinajstić information content (AvgIpc) is 2.47. The van der Waals surface area contributed by atoms with E-state index in [4.69, 9.17) is 0 Å². The average molecular weight is 336 g/mol. The van der Waals surface area contributed by atoms with Crippen LogP contribution in [0.5, 0.6) is 0 Å². The van der Waals surface area contributed by atoms with Gasteiger partial charge < -0.3 is 5.32 Å². The lowest BCUT2D eigenvalue weighted by atomic mass is 10.0. The summed E-state index contributed by atoms with van der Waals surface area (Å²) < 4.78 is 13.8. The van der Waals surface area contributed by atoms with Crippen LogP contribution in [0.3, 0.4) is 0 Å². The number of amides is 1. The molecule has 20 heavy (non-hydrogen) atoms. The molecule has 0 heterocycles. The molecule has 0 saturated carbocycles. The highest BCUT2D eigenvalue weighted by Gasteiger charge is 2.12. The van der Waals surface area contributed by atoms with Crippen molar-refractivity contribution < 1.29 is 9.18 Å². The van der Waals surface area contributed by atoms with E-state index in [1.165, 1.54) is 18.2 Å². The van der Waals surface area contributed by atoms with Gasteiger partial charge in [-0.15, -0.1) is 0 Å². The number of hydrogen-bond acceptors (Lipinski definition) is 1. The summed E-state index contributed by atoms with van der Waals surface area (Å²) >= 11 is 3.26. The Morgan fingerprint density at radius 3 is 2.65 bits per heavy atom. The van der Waals surface area contributed by atoms with Gasteiger partial charge in [0, 0.05) is 11.0 Å². The first kappa shape index (κ1) is 14.7. The van der Waals surface area contributed by atoms with Crippen LogP contribution >= 0.6 is 15.9 Å². The molecule has 2 aromatic rings. The molecular formula is C16H15BrFNO. The van der Waals surface area contributed by atoms with Gasteiger partial charge in [0.15, 0.2) is 0 Å². The van der Waals surface area contributed by atoms with Crippen molar-refractivity contribution in [3.63, 3.8) is 0 Å². The van der Waals surface area contributed by atoms with Gasteiger partial charge in [-0.1, -0.05) is 37.3 Å². The van der Waals surface area contributed by atoms with Crippen molar-refractivity contribution in [2.75, 3.05) is 6.54 Å². The highest BCUT2D eigenvalue weighted by molar-refractivity contribution is 9.10. The zero-order valence-electron chi connectivity index (χ0n) is 11.1. The molecule has 0 unspecified atom stereocenters. The van der Waals surface area contributed by atoms with Crippen molar-refractivity contribution >= 4 is 21.8 Å². The monoisotopic (exact) mass is 335 g/mol. The summed E-state index contributed by atoms with van der Waals surface area (Å²) in [5.41, 5.74) is 1.47. The second-order valence-electron chi connectivity index (χ2n) is 4.65. The standard InChI is InChI=1S/C16H15BrFNO/c1-11(12-5-3-2-4-6-12)10-19-16(20)14-9-13(18)7-8-15(14)17/h2-9,11H,10H2,1H3,(H,19,20)/t11-/m0/s1. The molecule has 0 saturated heterocycles. The van der Waals surface area contributed by atoms with E-state index in [9.17, 15) is 9.18 Å². The first-order valence-corrected chi connectivity index (χ1v) is 7.15. The molecule has 1 amide bonds. The van der Waals surface area contributed by atoms with Crippen LogP contribution in [0.25, 0.3) is 0 Å². The van der Waals surface area contributed by atoms with E-state index in [0.717, 1.165) is 5.56 Å². The van der Waals surface area contributed by atoms with Crippen LogP contribution in [-0.4, -0.2) is 12.5 Å². The molecule has 0 aromatic heterocycles. The quantitative estimate of drug-likeness (QED) is 0.894. The van der Waals surface area contributed by atoms with Crippen molar-refractivity contribution in [3.8, 4) is 0 Å². The first-order chi connectivity index (χ1) is 9.58. The van der Waals surface area contributed by atoms with Gasteiger partial charge in [0.2, 0.25) is 0 Å². The predicted molar refractivity (Wildman–Crippen MR) is 81.3 cm³/mol. The van der Waals surface area contributed by atoms with Crippen LogP contribution in [-0.2, 0) is 0 Å². The van der Waals surface area contributed by atoms with E-state index in [-0.39, 0.29) is 11.8 Å². The van der Waals surface area contributed by atoms with Crippen LogP contribution in [0.4, 0.5) is 4.39 Å². The Kier molecular flexibility index (Phi) is 4.90. The minimum atomic E-state index is -0.422. The minimum Gasteiger partial charge on any atom is -0.351 e. The molecule has 0 aliphatic heterocycles. The summed E-state index contributed by atoms with van der Waals surface area (Å²) in [6.45, 7) is 2.54. The number of carbonyl (C=O) groups is 1. The molecule has 1 N–H and O–H groups in total. The van der Waals surface area contributed by atoms with Crippen molar-refractivity contribution in [2.45, 2.75) is 12.8 Å². The zero-order chi connectivity index (χ0) is 14.5. The fourth-order valence-electron chi connectivity index (χ4n) is 1.91. The fraction of sp³-hybridized carbons (Fsp3) is 0.188. The van der Waals surface area contributed by atoms with Crippen molar-refractivity contribution in [1.82, 2.24) is 5.32 Å².